The lowest BCUT2D eigenvalue weighted by molar-refractivity contribution is -0.117. The molecule has 1 unspecified atom stereocenters. The second kappa shape index (κ2) is 8.08. The number of hydrogen-bond acceptors (Lipinski definition) is 1. The Morgan fingerprint density at radius 3 is 2.11 bits per heavy atom. The second-order valence-electron chi connectivity index (χ2n) is 7.87. The summed E-state index contributed by atoms with van der Waals surface area (Å²) in [6.45, 7) is 11.0. The molecule has 2 aromatic carbocycles. The first kappa shape index (κ1) is 19.4. The molecule has 0 radical (unpaired) electrons. The van der Waals surface area contributed by atoms with Crippen molar-refractivity contribution in [3.63, 3.8) is 0 Å². The maximum atomic E-state index is 12.9. The van der Waals surface area contributed by atoms with E-state index in [1.165, 1.54) is 33.4 Å². The summed E-state index contributed by atoms with van der Waals surface area (Å²) in [5.41, 5.74) is 10.4. The van der Waals surface area contributed by atoms with Gasteiger partial charge in [-0.3, -0.25) is 4.79 Å². The molecule has 2 aromatic rings. The second-order valence-corrected chi connectivity index (χ2v) is 7.87. The number of carbonyl (C=O) groups excluding carboxylic acids is 1. The molecule has 3 rings (SSSR count). The van der Waals surface area contributed by atoms with E-state index < -0.39 is 0 Å². The number of Topliss-reactive ketones (excluding diaryl/α,β-unsaturated/α-hetero) is 1. The Bertz CT molecular complexity index is 884. The van der Waals surface area contributed by atoms with Crippen LogP contribution in [-0.2, 0) is 11.2 Å². The van der Waals surface area contributed by atoms with Crippen LogP contribution in [0.5, 0.6) is 0 Å². The maximum Gasteiger partial charge on any atom is 0.162 e. The lowest BCUT2D eigenvalue weighted by atomic mass is 9.84. The molecule has 1 atom stereocenters. The third-order valence-electron chi connectivity index (χ3n) is 6.44. The predicted molar refractivity (Wildman–Crippen MR) is 115 cm³/mol. The van der Waals surface area contributed by atoms with Gasteiger partial charge in [-0.1, -0.05) is 48.6 Å². The van der Waals surface area contributed by atoms with Crippen LogP contribution in [0.3, 0.4) is 0 Å². The molecular weight excluding hydrogens is 328 g/mol. The van der Waals surface area contributed by atoms with Gasteiger partial charge < -0.3 is 0 Å². The van der Waals surface area contributed by atoms with Gasteiger partial charge in [0.2, 0.25) is 0 Å². The van der Waals surface area contributed by atoms with Crippen molar-refractivity contribution < 1.29 is 4.79 Å². The Morgan fingerprint density at radius 1 is 0.889 bits per heavy atom. The van der Waals surface area contributed by atoms with Crippen LogP contribution in [0.2, 0.25) is 0 Å². The molecule has 0 bridgehead atoms. The third-order valence-corrected chi connectivity index (χ3v) is 6.44. The Hall–Kier alpha value is -2.41. The lowest BCUT2D eigenvalue weighted by Crippen LogP contribution is -2.14. The first-order chi connectivity index (χ1) is 12.9. The average Bonchev–Trinajstić information content (AvgIpc) is 3.02. The molecule has 1 nitrogen and oxygen atoms in total. The minimum Gasteiger partial charge on any atom is -0.294 e. The van der Waals surface area contributed by atoms with Crippen molar-refractivity contribution in [3.8, 4) is 0 Å². The number of benzene rings is 2. The van der Waals surface area contributed by atoms with Crippen LogP contribution in [0.1, 0.15) is 51.8 Å². The van der Waals surface area contributed by atoms with Gasteiger partial charge in [-0.05, 0) is 98.4 Å². The summed E-state index contributed by atoms with van der Waals surface area (Å²) in [5, 5.41) is 0. The van der Waals surface area contributed by atoms with E-state index in [9.17, 15) is 4.79 Å². The van der Waals surface area contributed by atoms with Crippen molar-refractivity contribution in [1.82, 2.24) is 0 Å². The molecule has 1 aliphatic carbocycles. The minimum atomic E-state index is 0.125. The van der Waals surface area contributed by atoms with E-state index in [0.717, 1.165) is 30.4 Å². The Balaban J connectivity index is 1.77. The Morgan fingerprint density at radius 2 is 1.48 bits per heavy atom. The fourth-order valence-electron chi connectivity index (χ4n) is 4.18. The van der Waals surface area contributed by atoms with E-state index in [0.29, 0.717) is 5.78 Å². The van der Waals surface area contributed by atoms with Crippen LogP contribution in [0.4, 0.5) is 0 Å². The first-order valence-corrected chi connectivity index (χ1v) is 9.92. The van der Waals surface area contributed by atoms with Crippen LogP contribution in [0, 0.1) is 40.5 Å². The van der Waals surface area contributed by atoms with E-state index in [1.807, 2.05) is 30.4 Å². The van der Waals surface area contributed by atoms with E-state index in [2.05, 4.69) is 52.8 Å². The third kappa shape index (κ3) is 3.98. The number of hydrogen-bond donors (Lipinski definition) is 0. The quantitative estimate of drug-likeness (QED) is 0.579. The highest BCUT2D eigenvalue weighted by Crippen LogP contribution is 2.34. The van der Waals surface area contributed by atoms with Crippen molar-refractivity contribution in [1.29, 1.82) is 0 Å². The zero-order chi connectivity index (χ0) is 19.6. The minimum absolute atomic E-state index is 0.125. The standard InChI is InChI=1S/C26H30O/c1-17-18(2)20(4)25(21(5)19(17)3)16-24-15-14-23(26(24)27)13-9-12-22-10-7-6-8-11-22/h6-13,24H,14-16H2,1-5H3/b12-9+,23-13-. The molecule has 0 amide bonds. The summed E-state index contributed by atoms with van der Waals surface area (Å²) in [7, 11) is 0. The van der Waals surface area contributed by atoms with Gasteiger partial charge in [-0.15, -0.1) is 0 Å². The van der Waals surface area contributed by atoms with Crippen LogP contribution in [0.25, 0.3) is 6.08 Å². The van der Waals surface area contributed by atoms with Gasteiger partial charge in [0.05, 0.1) is 0 Å². The van der Waals surface area contributed by atoms with Crippen LogP contribution in [0.15, 0.2) is 48.1 Å². The molecule has 1 saturated carbocycles. The van der Waals surface area contributed by atoms with E-state index in [-0.39, 0.29) is 5.92 Å². The zero-order valence-corrected chi connectivity index (χ0v) is 17.2. The largest absolute Gasteiger partial charge is 0.294 e. The van der Waals surface area contributed by atoms with Gasteiger partial charge in [-0.25, -0.2) is 0 Å². The molecule has 27 heavy (non-hydrogen) atoms. The molecule has 140 valence electrons. The first-order valence-electron chi connectivity index (χ1n) is 9.92. The molecule has 0 spiro atoms. The summed E-state index contributed by atoms with van der Waals surface area (Å²) in [6, 6.07) is 10.2. The number of ketones is 1. The smallest absolute Gasteiger partial charge is 0.162 e. The summed E-state index contributed by atoms with van der Waals surface area (Å²) >= 11 is 0. The number of rotatable bonds is 4. The topological polar surface area (TPSA) is 17.1 Å². The van der Waals surface area contributed by atoms with Gasteiger partial charge in [-0.2, -0.15) is 0 Å². The van der Waals surface area contributed by atoms with Gasteiger partial charge >= 0.3 is 0 Å². The van der Waals surface area contributed by atoms with Crippen molar-refractivity contribution in [2.24, 2.45) is 5.92 Å². The predicted octanol–water partition coefficient (Wildman–Crippen LogP) is 6.39. The Kier molecular flexibility index (Phi) is 5.79. The van der Waals surface area contributed by atoms with Crippen LogP contribution >= 0.6 is 0 Å². The summed E-state index contributed by atoms with van der Waals surface area (Å²) in [6.07, 6.45) is 8.83. The van der Waals surface area contributed by atoms with Gasteiger partial charge in [0.25, 0.3) is 0 Å². The van der Waals surface area contributed by atoms with Crippen LogP contribution < -0.4 is 0 Å². The average molecular weight is 359 g/mol. The fraction of sp³-hybridized carbons (Fsp3) is 0.346. The number of carbonyl (C=O) groups is 1. The highest BCUT2D eigenvalue weighted by molar-refractivity contribution is 5.99. The molecule has 0 saturated heterocycles. The molecule has 1 heteroatoms. The van der Waals surface area contributed by atoms with Gasteiger partial charge in [0, 0.05) is 5.92 Å². The highest BCUT2D eigenvalue weighted by atomic mass is 16.1. The highest BCUT2D eigenvalue weighted by Gasteiger charge is 2.30. The normalized spacial score (nSPS) is 18.8. The molecule has 1 aliphatic rings. The van der Waals surface area contributed by atoms with Crippen LogP contribution in [-0.4, -0.2) is 5.78 Å². The SMILES string of the molecule is Cc1c(C)c(C)c(CC2CC/C(=C/C=C/c3ccccc3)C2=O)c(C)c1C. The van der Waals surface area contributed by atoms with E-state index >= 15 is 0 Å². The van der Waals surface area contributed by atoms with Gasteiger partial charge in [0.15, 0.2) is 5.78 Å². The van der Waals surface area contributed by atoms with Crippen molar-refractivity contribution in [2.75, 3.05) is 0 Å². The fourth-order valence-corrected chi connectivity index (χ4v) is 4.18. The zero-order valence-electron chi connectivity index (χ0n) is 17.2. The van der Waals surface area contributed by atoms with Crippen molar-refractivity contribution in [3.05, 3.63) is 87.0 Å². The maximum absolute atomic E-state index is 12.9. The lowest BCUT2D eigenvalue weighted by Gasteiger charge is -2.20. The van der Waals surface area contributed by atoms with E-state index in [1.54, 1.807) is 0 Å². The monoisotopic (exact) mass is 358 g/mol. The molecule has 0 N–H and O–H groups in total. The molecule has 1 fully saturated rings. The van der Waals surface area contributed by atoms with Gasteiger partial charge in [0.1, 0.15) is 0 Å². The molecular formula is C26H30O. The summed E-state index contributed by atoms with van der Waals surface area (Å²) in [4.78, 5) is 12.9. The Labute approximate surface area is 163 Å². The summed E-state index contributed by atoms with van der Waals surface area (Å²) in [5.74, 6) is 0.461. The van der Waals surface area contributed by atoms with E-state index in [4.69, 9.17) is 0 Å². The summed E-state index contributed by atoms with van der Waals surface area (Å²) < 4.78 is 0. The van der Waals surface area contributed by atoms with Crippen molar-refractivity contribution >= 4 is 11.9 Å². The van der Waals surface area contributed by atoms with Crippen molar-refractivity contribution in [2.45, 2.75) is 53.9 Å². The molecule has 0 heterocycles. The number of allylic oxidation sites excluding steroid dienone is 3. The molecule has 0 aliphatic heterocycles. The molecule has 0 aromatic heterocycles.